The van der Waals surface area contributed by atoms with Crippen LogP contribution in [0.25, 0.3) is 0 Å². The van der Waals surface area contributed by atoms with E-state index in [0.29, 0.717) is 12.4 Å². The van der Waals surface area contributed by atoms with Crippen molar-refractivity contribution in [1.82, 2.24) is 14.9 Å². The van der Waals surface area contributed by atoms with Crippen molar-refractivity contribution in [3.63, 3.8) is 0 Å². The summed E-state index contributed by atoms with van der Waals surface area (Å²) in [6.07, 6.45) is 6.95. The third kappa shape index (κ3) is 3.82. The van der Waals surface area contributed by atoms with Crippen molar-refractivity contribution in [2.24, 2.45) is 0 Å². The van der Waals surface area contributed by atoms with Gasteiger partial charge in [-0.3, -0.25) is 4.79 Å². The number of amides is 1. The fourth-order valence-corrected chi connectivity index (χ4v) is 3.32. The first-order chi connectivity index (χ1) is 11.3. The van der Waals surface area contributed by atoms with Crippen molar-refractivity contribution in [3.05, 3.63) is 48.4 Å². The largest absolute Gasteiger partial charge is 0.472 e. The lowest BCUT2D eigenvalue weighted by Crippen LogP contribution is -2.44. The molecule has 1 saturated heterocycles. The van der Waals surface area contributed by atoms with Gasteiger partial charge in [-0.15, -0.1) is 11.8 Å². The summed E-state index contributed by atoms with van der Waals surface area (Å²) in [5, 5.41) is 0. The zero-order valence-corrected chi connectivity index (χ0v) is 13.8. The molecule has 0 aliphatic carbocycles. The van der Waals surface area contributed by atoms with Crippen LogP contribution in [0.4, 0.5) is 0 Å². The lowest BCUT2D eigenvalue weighted by Gasteiger charge is -2.33. The fraction of sp³-hybridized carbons (Fsp3) is 0.353. The van der Waals surface area contributed by atoms with Crippen LogP contribution in [-0.2, 0) is 0 Å². The number of thioether (sulfide) groups is 1. The molecule has 0 spiro atoms. The molecule has 0 radical (unpaired) electrons. The van der Waals surface area contributed by atoms with Gasteiger partial charge < -0.3 is 9.64 Å². The molecule has 1 aromatic heterocycles. The Morgan fingerprint density at radius 3 is 3.00 bits per heavy atom. The number of nitrogens with zero attached hydrogens (tertiary/aromatic N) is 3. The molecule has 120 valence electrons. The Kier molecular flexibility index (Phi) is 5.12. The molecule has 2 aromatic rings. The summed E-state index contributed by atoms with van der Waals surface area (Å²) in [6.45, 7) is 1.36. The van der Waals surface area contributed by atoms with Crippen LogP contribution < -0.4 is 4.74 Å². The monoisotopic (exact) mass is 329 g/mol. The van der Waals surface area contributed by atoms with E-state index >= 15 is 0 Å². The Morgan fingerprint density at radius 1 is 1.35 bits per heavy atom. The Hall–Kier alpha value is -2.08. The van der Waals surface area contributed by atoms with Gasteiger partial charge in [0.2, 0.25) is 5.88 Å². The maximum atomic E-state index is 12.8. The first-order valence-corrected chi connectivity index (χ1v) is 8.85. The van der Waals surface area contributed by atoms with Gasteiger partial charge in [0.1, 0.15) is 12.4 Å². The van der Waals surface area contributed by atoms with Gasteiger partial charge in [0.25, 0.3) is 5.91 Å². The van der Waals surface area contributed by atoms with E-state index in [1.807, 2.05) is 35.4 Å². The summed E-state index contributed by atoms with van der Waals surface area (Å²) < 4.78 is 5.88. The number of aromatic nitrogens is 2. The van der Waals surface area contributed by atoms with Crippen LogP contribution in [0.5, 0.6) is 5.88 Å². The minimum absolute atomic E-state index is 0.0240. The molecule has 0 N–H and O–H groups in total. The number of hydrogen-bond donors (Lipinski definition) is 0. The SMILES string of the molecule is CSc1ccccc1C(=O)N1CCCC(Oc2ccncn2)C1. The maximum absolute atomic E-state index is 12.8. The smallest absolute Gasteiger partial charge is 0.255 e. The molecule has 1 amide bonds. The van der Waals surface area contributed by atoms with Crippen molar-refractivity contribution in [1.29, 1.82) is 0 Å². The van der Waals surface area contributed by atoms with Gasteiger partial charge in [-0.1, -0.05) is 12.1 Å². The Labute approximate surface area is 140 Å². The van der Waals surface area contributed by atoms with Crippen molar-refractivity contribution in [2.45, 2.75) is 23.8 Å². The van der Waals surface area contributed by atoms with Crippen LogP contribution in [0.2, 0.25) is 0 Å². The molecule has 1 unspecified atom stereocenters. The van der Waals surface area contributed by atoms with E-state index in [0.717, 1.165) is 29.8 Å². The summed E-state index contributed by atoms with van der Waals surface area (Å²) >= 11 is 1.60. The normalized spacial score (nSPS) is 17.8. The van der Waals surface area contributed by atoms with Crippen molar-refractivity contribution < 1.29 is 9.53 Å². The number of carbonyl (C=O) groups is 1. The Morgan fingerprint density at radius 2 is 2.22 bits per heavy atom. The molecular formula is C17H19N3O2S. The third-order valence-electron chi connectivity index (χ3n) is 3.84. The molecule has 0 saturated carbocycles. The molecule has 3 rings (SSSR count). The quantitative estimate of drug-likeness (QED) is 0.807. The van der Waals surface area contributed by atoms with Crippen molar-refractivity contribution >= 4 is 17.7 Å². The molecule has 1 aromatic carbocycles. The number of ether oxygens (including phenoxy) is 1. The Balaban J connectivity index is 1.69. The van der Waals surface area contributed by atoms with E-state index in [9.17, 15) is 4.79 Å². The van der Waals surface area contributed by atoms with Gasteiger partial charge in [0.05, 0.1) is 12.1 Å². The summed E-state index contributed by atoms with van der Waals surface area (Å²) in [5.74, 6) is 0.634. The molecular weight excluding hydrogens is 310 g/mol. The molecule has 1 aliphatic heterocycles. The molecule has 1 atom stereocenters. The van der Waals surface area contributed by atoms with Crippen LogP contribution in [-0.4, -0.2) is 46.2 Å². The second-order valence-electron chi connectivity index (χ2n) is 5.38. The topological polar surface area (TPSA) is 55.3 Å². The molecule has 6 heteroatoms. The highest BCUT2D eigenvalue weighted by atomic mass is 32.2. The van der Waals surface area contributed by atoms with Gasteiger partial charge in [0, 0.05) is 23.7 Å². The number of piperidine rings is 1. The predicted octanol–water partition coefficient (Wildman–Crippen LogP) is 2.88. The number of benzene rings is 1. The van der Waals surface area contributed by atoms with Gasteiger partial charge >= 0.3 is 0 Å². The van der Waals surface area contributed by atoms with Crippen LogP contribution in [0.1, 0.15) is 23.2 Å². The second kappa shape index (κ2) is 7.46. The van der Waals surface area contributed by atoms with Gasteiger partial charge in [-0.05, 0) is 31.2 Å². The maximum Gasteiger partial charge on any atom is 0.255 e. The number of rotatable bonds is 4. The zero-order chi connectivity index (χ0) is 16.1. The molecule has 2 heterocycles. The Bertz CT molecular complexity index is 666. The summed E-state index contributed by atoms with van der Waals surface area (Å²) in [7, 11) is 0. The van der Waals surface area contributed by atoms with Gasteiger partial charge in [-0.25, -0.2) is 9.97 Å². The molecule has 1 aliphatic rings. The predicted molar refractivity (Wildman–Crippen MR) is 89.8 cm³/mol. The fourth-order valence-electron chi connectivity index (χ4n) is 2.73. The van der Waals surface area contributed by atoms with E-state index < -0.39 is 0 Å². The molecule has 1 fully saturated rings. The zero-order valence-electron chi connectivity index (χ0n) is 13.0. The standard InChI is InChI=1S/C17H19N3O2S/c1-23-15-7-3-2-6-14(15)17(21)20-10-4-5-13(11-20)22-16-8-9-18-12-19-16/h2-3,6-9,12-13H,4-5,10-11H2,1H3. The minimum atomic E-state index is -0.0240. The van der Waals surface area contributed by atoms with Crippen LogP contribution >= 0.6 is 11.8 Å². The van der Waals surface area contributed by atoms with Gasteiger partial charge in [0.15, 0.2) is 0 Å². The van der Waals surface area contributed by atoms with E-state index in [4.69, 9.17) is 4.74 Å². The number of hydrogen-bond acceptors (Lipinski definition) is 5. The second-order valence-corrected chi connectivity index (χ2v) is 6.23. The number of carbonyl (C=O) groups excluding carboxylic acids is 1. The molecule has 0 bridgehead atoms. The molecule has 23 heavy (non-hydrogen) atoms. The highest BCUT2D eigenvalue weighted by molar-refractivity contribution is 7.98. The van der Waals surface area contributed by atoms with Crippen LogP contribution in [0.3, 0.4) is 0 Å². The highest BCUT2D eigenvalue weighted by Gasteiger charge is 2.26. The average molecular weight is 329 g/mol. The van der Waals surface area contributed by atoms with Gasteiger partial charge in [-0.2, -0.15) is 0 Å². The lowest BCUT2D eigenvalue weighted by molar-refractivity contribution is 0.0524. The lowest BCUT2D eigenvalue weighted by atomic mass is 10.1. The average Bonchev–Trinajstić information content (AvgIpc) is 2.62. The van der Waals surface area contributed by atoms with Crippen LogP contribution in [0, 0.1) is 0 Å². The highest BCUT2D eigenvalue weighted by Crippen LogP contribution is 2.24. The summed E-state index contributed by atoms with van der Waals surface area (Å²) in [6, 6.07) is 9.48. The number of likely N-dealkylation sites (tertiary alicyclic amines) is 1. The summed E-state index contributed by atoms with van der Waals surface area (Å²) in [5.41, 5.74) is 0.766. The van der Waals surface area contributed by atoms with Crippen molar-refractivity contribution in [3.8, 4) is 5.88 Å². The van der Waals surface area contributed by atoms with E-state index in [-0.39, 0.29) is 12.0 Å². The molecule has 5 nitrogen and oxygen atoms in total. The van der Waals surface area contributed by atoms with E-state index in [1.165, 1.54) is 6.33 Å². The first-order valence-electron chi connectivity index (χ1n) is 7.63. The van der Waals surface area contributed by atoms with Crippen LogP contribution in [0.15, 0.2) is 47.8 Å². The van der Waals surface area contributed by atoms with Crippen molar-refractivity contribution in [2.75, 3.05) is 19.3 Å². The van der Waals surface area contributed by atoms with E-state index in [1.54, 1.807) is 24.0 Å². The first kappa shape index (κ1) is 15.8. The summed E-state index contributed by atoms with van der Waals surface area (Å²) in [4.78, 5) is 23.7. The van der Waals surface area contributed by atoms with E-state index in [2.05, 4.69) is 9.97 Å². The minimum Gasteiger partial charge on any atom is -0.472 e. The third-order valence-corrected chi connectivity index (χ3v) is 4.64.